The van der Waals surface area contributed by atoms with Gasteiger partial charge in [-0.15, -0.1) is 0 Å². The molecule has 0 saturated carbocycles. The van der Waals surface area contributed by atoms with Crippen molar-refractivity contribution in [2.24, 2.45) is 5.73 Å². The molecule has 0 aliphatic heterocycles. The second kappa shape index (κ2) is 13.2. The molecule has 3 N–H and O–H groups in total. The third-order valence-corrected chi connectivity index (χ3v) is 10.7. The maximum Gasteiger partial charge on any atom is 0.258 e. The Bertz CT molecular complexity index is 717. The van der Waals surface area contributed by atoms with E-state index in [-0.39, 0.29) is 11.1 Å². The van der Waals surface area contributed by atoms with Gasteiger partial charge in [0.05, 0.1) is 12.6 Å². The Kier molecular flexibility index (Phi) is 11.0. The van der Waals surface area contributed by atoms with E-state index in [0.29, 0.717) is 19.8 Å². The molecule has 2 aromatic rings. The van der Waals surface area contributed by atoms with Crippen molar-refractivity contribution in [3.8, 4) is 0 Å². The van der Waals surface area contributed by atoms with Crippen molar-refractivity contribution < 1.29 is 19.0 Å². The van der Waals surface area contributed by atoms with Crippen LogP contribution in [0, 0.1) is 0 Å². The van der Waals surface area contributed by atoms with Gasteiger partial charge in [-0.3, -0.25) is 0 Å². The van der Waals surface area contributed by atoms with Crippen molar-refractivity contribution in [2.45, 2.75) is 63.8 Å². The number of benzene rings is 2. The third-order valence-electron chi connectivity index (χ3n) is 6.13. The zero-order chi connectivity index (χ0) is 23.5. The smallest absolute Gasteiger partial charge is 0.258 e. The second-order valence-electron chi connectivity index (χ2n) is 9.00. The molecule has 32 heavy (non-hydrogen) atoms. The molecule has 0 spiro atoms. The van der Waals surface area contributed by atoms with Crippen LogP contribution in [0.2, 0.25) is 5.04 Å². The van der Waals surface area contributed by atoms with Crippen LogP contribution in [-0.2, 0) is 14.2 Å². The minimum absolute atomic E-state index is 0.299. The maximum absolute atomic E-state index is 12.2. The Morgan fingerprint density at radius 2 is 1.50 bits per heavy atom. The van der Waals surface area contributed by atoms with Crippen LogP contribution in [0.5, 0.6) is 0 Å². The minimum atomic E-state index is -2.99. The van der Waals surface area contributed by atoms with Crippen LogP contribution in [0.4, 0.5) is 0 Å². The average Bonchev–Trinajstić information content (AvgIpc) is 2.82. The fourth-order valence-electron chi connectivity index (χ4n) is 4.11. The van der Waals surface area contributed by atoms with Gasteiger partial charge in [-0.2, -0.15) is 0 Å². The number of methoxy groups -OCH3 is 1. The van der Waals surface area contributed by atoms with Crippen molar-refractivity contribution in [3.63, 3.8) is 0 Å². The zero-order valence-corrected chi connectivity index (χ0v) is 21.1. The maximum atomic E-state index is 12.2. The van der Waals surface area contributed by atoms with Crippen LogP contribution < -0.4 is 16.1 Å². The van der Waals surface area contributed by atoms with Gasteiger partial charge in [0.25, 0.3) is 8.32 Å². The van der Waals surface area contributed by atoms with Crippen LogP contribution in [0.3, 0.4) is 0 Å². The lowest BCUT2D eigenvalue weighted by atomic mass is 10.1. The van der Waals surface area contributed by atoms with E-state index >= 15 is 0 Å². The van der Waals surface area contributed by atoms with E-state index in [1.807, 2.05) is 36.4 Å². The molecule has 0 aliphatic carbocycles. The quantitative estimate of drug-likeness (QED) is 0.242. The molecule has 0 aliphatic rings. The number of rotatable bonds is 15. The van der Waals surface area contributed by atoms with E-state index in [0.717, 1.165) is 36.1 Å². The molecule has 0 saturated heterocycles. The summed E-state index contributed by atoms with van der Waals surface area (Å²) in [4.78, 5) is 12.2. The van der Waals surface area contributed by atoms with Crippen LogP contribution >= 0.6 is 0 Å². The molecular weight excluding hydrogens is 418 g/mol. The number of hydrogen-bond acceptors (Lipinski definition) is 5. The van der Waals surface area contributed by atoms with Crippen LogP contribution in [0.15, 0.2) is 60.7 Å². The van der Waals surface area contributed by atoms with E-state index in [4.69, 9.17) is 19.9 Å². The molecule has 6 heteroatoms. The standard InChI is InChI=1S/C26H41NO4Si/c1-5-6-19-30-21-24(27)25(29-4)31-20-13-18-26(2,3)32(28,22-14-9-7-10-15-22)23-16-11-8-12-17-23/h7-12,14-17,24-25,28H,5-6,13,18-21,27H2,1-4H3/t24?,25-/m0/s1. The predicted octanol–water partition coefficient (Wildman–Crippen LogP) is 3.43. The van der Waals surface area contributed by atoms with Gasteiger partial charge in [0, 0.05) is 20.3 Å². The molecule has 0 aromatic heterocycles. The molecule has 0 bridgehead atoms. The minimum Gasteiger partial charge on any atom is -0.424 e. The Balaban J connectivity index is 2.00. The first-order chi connectivity index (χ1) is 15.4. The molecule has 5 nitrogen and oxygen atoms in total. The summed E-state index contributed by atoms with van der Waals surface area (Å²) in [5.74, 6) is 0. The fraction of sp³-hybridized carbons (Fsp3) is 0.538. The van der Waals surface area contributed by atoms with Gasteiger partial charge < -0.3 is 24.7 Å². The van der Waals surface area contributed by atoms with Crippen molar-refractivity contribution >= 4 is 18.7 Å². The van der Waals surface area contributed by atoms with E-state index in [1.54, 1.807) is 7.11 Å². The normalized spacial score (nSPS) is 14.3. The first-order valence-corrected chi connectivity index (χ1v) is 13.6. The van der Waals surface area contributed by atoms with Crippen LogP contribution in [-0.4, -0.2) is 52.4 Å². The highest BCUT2D eigenvalue weighted by Crippen LogP contribution is 2.39. The second-order valence-corrected chi connectivity index (χ2v) is 12.9. The molecule has 2 rings (SSSR count). The topological polar surface area (TPSA) is 73.9 Å². The molecule has 0 amide bonds. The molecule has 0 fully saturated rings. The molecule has 0 heterocycles. The summed E-state index contributed by atoms with van der Waals surface area (Å²) in [5.41, 5.74) is 6.19. The highest BCUT2D eigenvalue weighted by atomic mass is 28.4. The van der Waals surface area contributed by atoms with Crippen molar-refractivity contribution in [3.05, 3.63) is 60.7 Å². The van der Waals surface area contributed by atoms with Gasteiger partial charge in [-0.1, -0.05) is 87.9 Å². The third kappa shape index (κ3) is 6.98. The lowest BCUT2D eigenvalue weighted by Gasteiger charge is -2.41. The first kappa shape index (κ1) is 26.7. The molecule has 2 aromatic carbocycles. The largest absolute Gasteiger partial charge is 0.424 e. The van der Waals surface area contributed by atoms with Gasteiger partial charge in [-0.25, -0.2) is 0 Å². The summed E-state index contributed by atoms with van der Waals surface area (Å²) < 4.78 is 17.0. The summed E-state index contributed by atoms with van der Waals surface area (Å²) in [6.45, 7) is 8.10. The van der Waals surface area contributed by atoms with E-state index < -0.39 is 14.6 Å². The SMILES string of the molecule is CCCCOCC(N)[C@@H](OC)OCCCC(C)(C)[Si](O)(c1ccccc1)c1ccccc1. The predicted molar refractivity (Wildman–Crippen MR) is 134 cm³/mol. The van der Waals surface area contributed by atoms with Gasteiger partial charge in [0.1, 0.15) is 0 Å². The van der Waals surface area contributed by atoms with Crippen molar-refractivity contribution in [1.29, 1.82) is 0 Å². The Morgan fingerprint density at radius 1 is 0.938 bits per heavy atom. The van der Waals surface area contributed by atoms with Gasteiger partial charge >= 0.3 is 0 Å². The lowest BCUT2D eigenvalue weighted by Crippen LogP contribution is -2.65. The van der Waals surface area contributed by atoms with E-state index in [2.05, 4.69) is 45.0 Å². The number of unbranched alkanes of at least 4 members (excludes halogenated alkanes) is 1. The van der Waals surface area contributed by atoms with E-state index in [1.165, 1.54) is 0 Å². The summed E-state index contributed by atoms with van der Waals surface area (Å²) in [6.07, 6.45) is 3.23. The fourth-order valence-corrected chi connectivity index (χ4v) is 7.90. The summed E-state index contributed by atoms with van der Waals surface area (Å²) in [5, 5.41) is 1.75. The van der Waals surface area contributed by atoms with Gasteiger partial charge in [0.2, 0.25) is 0 Å². The average molecular weight is 460 g/mol. The lowest BCUT2D eigenvalue weighted by molar-refractivity contribution is -0.146. The zero-order valence-electron chi connectivity index (χ0n) is 20.1. The number of hydrogen-bond donors (Lipinski definition) is 2. The highest BCUT2D eigenvalue weighted by Gasteiger charge is 2.49. The highest BCUT2D eigenvalue weighted by molar-refractivity contribution is 6.98. The molecule has 1 unspecified atom stereocenters. The first-order valence-electron chi connectivity index (χ1n) is 11.7. The Hall–Kier alpha value is -1.54. The van der Waals surface area contributed by atoms with Crippen molar-refractivity contribution in [1.82, 2.24) is 0 Å². The summed E-state index contributed by atoms with van der Waals surface area (Å²) >= 11 is 0. The summed E-state index contributed by atoms with van der Waals surface area (Å²) in [7, 11) is -1.39. The molecule has 2 atom stereocenters. The monoisotopic (exact) mass is 459 g/mol. The van der Waals surface area contributed by atoms with Crippen LogP contribution in [0.1, 0.15) is 46.5 Å². The summed E-state index contributed by atoms with van der Waals surface area (Å²) in [6, 6.07) is 19.9. The molecule has 178 valence electrons. The Morgan fingerprint density at radius 3 is 2.00 bits per heavy atom. The number of nitrogens with two attached hydrogens (primary N) is 1. The van der Waals surface area contributed by atoms with Crippen LogP contribution in [0.25, 0.3) is 0 Å². The van der Waals surface area contributed by atoms with E-state index in [9.17, 15) is 4.80 Å². The molecular formula is C26H41NO4Si. The molecule has 0 radical (unpaired) electrons. The number of ether oxygens (including phenoxy) is 3. The van der Waals surface area contributed by atoms with Gasteiger partial charge in [0.15, 0.2) is 6.29 Å². The van der Waals surface area contributed by atoms with Gasteiger partial charge in [-0.05, 0) is 34.7 Å². The van der Waals surface area contributed by atoms with Crippen molar-refractivity contribution in [2.75, 3.05) is 26.9 Å². The Labute approximate surface area is 195 Å².